The quantitative estimate of drug-likeness (QED) is 0.925. The SMILES string of the molecule is CCOC(=O)N1CCN(CC(O)c2ccccc2Cl)CC1. The van der Waals surface area contributed by atoms with Gasteiger partial charge in [-0.15, -0.1) is 0 Å². The number of aliphatic hydroxyl groups is 1. The van der Waals surface area contributed by atoms with Gasteiger partial charge in [0.25, 0.3) is 0 Å². The number of hydrogen-bond acceptors (Lipinski definition) is 4. The summed E-state index contributed by atoms with van der Waals surface area (Å²) in [4.78, 5) is 15.4. The van der Waals surface area contributed by atoms with Crippen LogP contribution >= 0.6 is 11.6 Å². The molecule has 0 saturated carbocycles. The monoisotopic (exact) mass is 312 g/mol. The molecule has 1 aliphatic heterocycles. The number of halogens is 1. The number of carbonyl (C=O) groups is 1. The highest BCUT2D eigenvalue weighted by molar-refractivity contribution is 6.31. The molecule has 0 aromatic heterocycles. The molecule has 1 unspecified atom stereocenters. The van der Waals surface area contributed by atoms with E-state index in [0.29, 0.717) is 31.3 Å². The lowest BCUT2D eigenvalue weighted by atomic mass is 10.1. The minimum Gasteiger partial charge on any atom is -0.450 e. The molecule has 6 heteroatoms. The van der Waals surface area contributed by atoms with Gasteiger partial charge in [0, 0.05) is 43.3 Å². The van der Waals surface area contributed by atoms with E-state index in [4.69, 9.17) is 16.3 Å². The van der Waals surface area contributed by atoms with Crippen LogP contribution in [0.3, 0.4) is 0 Å². The van der Waals surface area contributed by atoms with Crippen LogP contribution in [-0.4, -0.2) is 60.3 Å². The van der Waals surface area contributed by atoms with Crippen molar-refractivity contribution < 1.29 is 14.6 Å². The van der Waals surface area contributed by atoms with E-state index in [1.807, 2.05) is 18.2 Å². The van der Waals surface area contributed by atoms with Crippen LogP contribution in [0.5, 0.6) is 0 Å². The topological polar surface area (TPSA) is 53.0 Å². The lowest BCUT2D eigenvalue weighted by Crippen LogP contribution is -2.49. The largest absolute Gasteiger partial charge is 0.450 e. The summed E-state index contributed by atoms with van der Waals surface area (Å²) in [5.74, 6) is 0. The Labute approximate surface area is 130 Å². The summed E-state index contributed by atoms with van der Waals surface area (Å²) in [6.45, 7) is 5.39. The van der Waals surface area contributed by atoms with Crippen molar-refractivity contribution in [2.75, 3.05) is 39.3 Å². The average molecular weight is 313 g/mol. The Hall–Kier alpha value is -1.30. The first-order valence-electron chi connectivity index (χ1n) is 7.18. The first kappa shape index (κ1) is 16.1. The fraction of sp³-hybridized carbons (Fsp3) is 0.533. The Morgan fingerprint density at radius 1 is 1.33 bits per heavy atom. The standard InChI is InChI=1S/C15H21ClN2O3/c1-2-21-15(20)18-9-7-17(8-10-18)11-14(19)12-5-3-4-6-13(12)16/h3-6,14,19H,2,7-11H2,1H3. The van der Waals surface area contributed by atoms with Crippen LogP contribution in [0.4, 0.5) is 4.79 Å². The van der Waals surface area contributed by atoms with Crippen molar-refractivity contribution in [3.05, 3.63) is 34.9 Å². The van der Waals surface area contributed by atoms with E-state index < -0.39 is 6.10 Å². The Kier molecular flexibility index (Phi) is 5.85. The van der Waals surface area contributed by atoms with Crippen LogP contribution in [0.1, 0.15) is 18.6 Å². The van der Waals surface area contributed by atoms with E-state index in [1.54, 1.807) is 17.9 Å². The predicted octanol–water partition coefficient (Wildman–Crippen LogP) is 2.15. The maximum absolute atomic E-state index is 11.6. The van der Waals surface area contributed by atoms with Crippen molar-refractivity contribution in [1.82, 2.24) is 9.80 Å². The zero-order valence-corrected chi connectivity index (χ0v) is 12.9. The molecule has 1 atom stereocenters. The Morgan fingerprint density at radius 3 is 2.62 bits per heavy atom. The predicted molar refractivity (Wildman–Crippen MR) is 81.4 cm³/mol. The molecule has 1 fully saturated rings. The molecule has 0 aliphatic carbocycles. The maximum Gasteiger partial charge on any atom is 0.409 e. The number of ether oxygens (including phenoxy) is 1. The van der Waals surface area contributed by atoms with Crippen LogP contribution in [0.25, 0.3) is 0 Å². The Morgan fingerprint density at radius 2 is 2.00 bits per heavy atom. The molecule has 5 nitrogen and oxygen atoms in total. The van der Waals surface area contributed by atoms with Gasteiger partial charge in [-0.2, -0.15) is 0 Å². The summed E-state index contributed by atoms with van der Waals surface area (Å²) < 4.78 is 4.98. The van der Waals surface area contributed by atoms with Crippen molar-refractivity contribution in [3.63, 3.8) is 0 Å². The number of amides is 1. The van der Waals surface area contributed by atoms with Gasteiger partial charge in [0.15, 0.2) is 0 Å². The molecule has 1 aliphatic rings. The van der Waals surface area contributed by atoms with Crippen molar-refractivity contribution in [2.45, 2.75) is 13.0 Å². The van der Waals surface area contributed by atoms with Crippen LogP contribution in [0, 0.1) is 0 Å². The number of hydrogen-bond donors (Lipinski definition) is 1. The zero-order chi connectivity index (χ0) is 15.2. The molecule has 1 aromatic rings. The number of carbonyl (C=O) groups excluding carboxylic acids is 1. The second-order valence-corrected chi connectivity index (χ2v) is 5.43. The number of piperazine rings is 1. The van der Waals surface area contributed by atoms with E-state index in [-0.39, 0.29) is 6.09 Å². The van der Waals surface area contributed by atoms with E-state index >= 15 is 0 Å². The van der Waals surface area contributed by atoms with E-state index in [9.17, 15) is 9.90 Å². The number of nitrogens with zero attached hydrogens (tertiary/aromatic N) is 2. The second kappa shape index (κ2) is 7.64. The van der Waals surface area contributed by atoms with Gasteiger partial charge in [-0.1, -0.05) is 29.8 Å². The highest BCUT2D eigenvalue weighted by atomic mass is 35.5. The van der Waals surface area contributed by atoms with Crippen LogP contribution < -0.4 is 0 Å². The molecule has 1 N–H and O–H groups in total. The minimum absolute atomic E-state index is 0.260. The van der Waals surface area contributed by atoms with Crippen LogP contribution in [0.15, 0.2) is 24.3 Å². The molecule has 116 valence electrons. The van der Waals surface area contributed by atoms with Gasteiger partial charge in [-0.05, 0) is 13.0 Å². The van der Waals surface area contributed by atoms with Gasteiger partial charge in [0.1, 0.15) is 0 Å². The number of aliphatic hydroxyl groups excluding tert-OH is 1. The molecule has 1 heterocycles. The van der Waals surface area contributed by atoms with Crippen molar-refractivity contribution >= 4 is 17.7 Å². The molecule has 0 radical (unpaired) electrons. The number of β-amino-alcohol motifs (C(OH)–C–C–N with tert-alkyl or cyclic N) is 1. The van der Waals surface area contributed by atoms with E-state index in [2.05, 4.69) is 4.90 Å². The van der Waals surface area contributed by atoms with Gasteiger partial charge in [0.05, 0.1) is 12.7 Å². The maximum atomic E-state index is 11.6. The van der Waals surface area contributed by atoms with E-state index in [0.717, 1.165) is 18.7 Å². The third-order valence-corrected chi connectivity index (χ3v) is 3.94. The molecule has 0 bridgehead atoms. The van der Waals surface area contributed by atoms with Gasteiger partial charge in [0.2, 0.25) is 0 Å². The Balaban J connectivity index is 1.83. The fourth-order valence-electron chi connectivity index (χ4n) is 2.42. The summed E-state index contributed by atoms with van der Waals surface area (Å²) >= 11 is 6.09. The molecule has 21 heavy (non-hydrogen) atoms. The van der Waals surface area contributed by atoms with Crippen molar-refractivity contribution in [1.29, 1.82) is 0 Å². The van der Waals surface area contributed by atoms with Crippen molar-refractivity contribution in [3.8, 4) is 0 Å². The summed E-state index contributed by atoms with van der Waals surface area (Å²) in [6.07, 6.45) is -0.878. The van der Waals surface area contributed by atoms with Crippen molar-refractivity contribution in [2.24, 2.45) is 0 Å². The first-order valence-corrected chi connectivity index (χ1v) is 7.56. The highest BCUT2D eigenvalue weighted by Gasteiger charge is 2.24. The molecule has 1 aromatic carbocycles. The van der Waals surface area contributed by atoms with E-state index in [1.165, 1.54) is 0 Å². The van der Waals surface area contributed by atoms with Gasteiger partial charge in [-0.3, -0.25) is 4.90 Å². The second-order valence-electron chi connectivity index (χ2n) is 5.02. The normalized spacial score (nSPS) is 17.6. The summed E-state index contributed by atoms with van der Waals surface area (Å²) in [6, 6.07) is 7.32. The number of benzene rings is 1. The first-order chi connectivity index (χ1) is 10.1. The van der Waals surface area contributed by atoms with Gasteiger partial charge in [-0.25, -0.2) is 4.79 Å². The molecule has 2 rings (SSSR count). The van der Waals surface area contributed by atoms with Crippen LogP contribution in [0.2, 0.25) is 5.02 Å². The highest BCUT2D eigenvalue weighted by Crippen LogP contribution is 2.23. The van der Waals surface area contributed by atoms with Gasteiger partial charge < -0.3 is 14.7 Å². The Bertz CT molecular complexity index is 476. The molecular formula is C15H21ClN2O3. The lowest BCUT2D eigenvalue weighted by molar-refractivity contribution is 0.0578. The average Bonchev–Trinajstić information content (AvgIpc) is 2.48. The molecule has 1 amide bonds. The van der Waals surface area contributed by atoms with Crippen LogP contribution in [-0.2, 0) is 4.74 Å². The lowest BCUT2D eigenvalue weighted by Gasteiger charge is -2.35. The van der Waals surface area contributed by atoms with Gasteiger partial charge >= 0.3 is 6.09 Å². The minimum atomic E-state index is -0.618. The zero-order valence-electron chi connectivity index (χ0n) is 12.2. The number of rotatable bonds is 4. The summed E-state index contributed by atoms with van der Waals surface area (Å²) in [5, 5.41) is 10.9. The molecule has 1 saturated heterocycles. The fourth-order valence-corrected chi connectivity index (χ4v) is 2.68. The molecule has 0 spiro atoms. The third-order valence-electron chi connectivity index (χ3n) is 3.59. The smallest absolute Gasteiger partial charge is 0.409 e. The molecular weight excluding hydrogens is 292 g/mol. The third kappa shape index (κ3) is 4.33. The summed E-state index contributed by atoms with van der Waals surface area (Å²) in [5.41, 5.74) is 0.743. The summed E-state index contributed by atoms with van der Waals surface area (Å²) in [7, 11) is 0.